The summed E-state index contributed by atoms with van der Waals surface area (Å²) in [6.45, 7) is 3.42. The lowest BCUT2D eigenvalue weighted by Crippen LogP contribution is -2.22. The topological polar surface area (TPSA) is 123 Å². The van der Waals surface area contributed by atoms with E-state index < -0.39 is 4.92 Å². The fraction of sp³-hybridized carbons (Fsp3) is 0.571. The summed E-state index contributed by atoms with van der Waals surface area (Å²) >= 11 is 0. The Morgan fingerprint density at radius 3 is 2.74 bits per heavy atom. The van der Waals surface area contributed by atoms with Crippen molar-refractivity contribution in [2.24, 2.45) is 5.73 Å². The average molecular weight is 322 g/mol. The standard InChI is InChI=1S/C14H22N6O3/c1-19(10-3-2-8-16-9-4-7-15)11-5-6-12(20(21)22)14-13(11)17-23-18-14/h5-6,16H,2-4,7-10,15H2,1H3. The van der Waals surface area contributed by atoms with E-state index in [4.69, 9.17) is 5.73 Å². The number of nitrogens with one attached hydrogen (secondary N) is 1. The highest BCUT2D eigenvalue weighted by molar-refractivity contribution is 5.93. The lowest BCUT2D eigenvalue weighted by Gasteiger charge is -2.19. The van der Waals surface area contributed by atoms with Gasteiger partial charge in [0.2, 0.25) is 5.52 Å². The summed E-state index contributed by atoms with van der Waals surface area (Å²) in [5.74, 6) is 0. The van der Waals surface area contributed by atoms with E-state index in [2.05, 4.69) is 20.3 Å². The van der Waals surface area contributed by atoms with Gasteiger partial charge in [-0.3, -0.25) is 10.1 Å². The number of nitrogens with two attached hydrogens (primary N) is 1. The van der Waals surface area contributed by atoms with Gasteiger partial charge in [-0.05, 0) is 55.3 Å². The highest BCUT2D eigenvalue weighted by atomic mass is 16.6. The fourth-order valence-electron chi connectivity index (χ4n) is 2.37. The lowest BCUT2D eigenvalue weighted by molar-refractivity contribution is -0.383. The summed E-state index contributed by atoms with van der Waals surface area (Å²) in [6.07, 6.45) is 3.03. The molecular weight excluding hydrogens is 300 g/mol. The Balaban J connectivity index is 1.91. The van der Waals surface area contributed by atoms with Crippen LogP contribution < -0.4 is 16.0 Å². The molecule has 23 heavy (non-hydrogen) atoms. The van der Waals surface area contributed by atoms with Gasteiger partial charge in [-0.25, -0.2) is 4.63 Å². The van der Waals surface area contributed by atoms with E-state index in [9.17, 15) is 10.1 Å². The zero-order chi connectivity index (χ0) is 16.7. The molecule has 0 saturated heterocycles. The number of nitro groups is 1. The molecule has 1 heterocycles. The Hall–Kier alpha value is -2.26. The summed E-state index contributed by atoms with van der Waals surface area (Å²) in [6, 6.07) is 3.12. The fourth-order valence-corrected chi connectivity index (χ4v) is 2.37. The Morgan fingerprint density at radius 2 is 2.00 bits per heavy atom. The van der Waals surface area contributed by atoms with Crippen LogP contribution in [-0.4, -0.2) is 48.5 Å². The van der Waals surface area contributed by atoms with E-state index in [1.165, 1.54) is 6.07 Å². The first-order valence-corrected chi connectivity index (χ1v) is 7.66. The van der Waals surface area contributed by atoms with Crippen LogP contribution in [0, 0.1) is 10.1 Å². The molecule has 0 unspecified atom stereocenters. The van der Waals surface area contributed by atoms with Crippen LogP contribution in [0.5, 0.6) is 0 Å². The molecule has 1 aromatic carbocycles. The average Bonchev–Trinajstić information content (AvgIpc) is 3.02. The Labute approximate surface area is 133 Å². The van der Waals surface area contributed by atoms with Crippen LogP contribution in [0.25, 0.3) is 11.0 Å². The second-order valence-corrected chi connectivity index (χ2v) is 5.34. The van der Waals surface area contributed by atoms with Crippen molar-refractivity contribution >= 4 is 22.4 Å². The van der Waals surface area contributed by atoms with Gasteiger partial charge in [0.1, 0.15) is 0 Å². The van der Waals surface area contributed by atoms with E-state index in [0.717, 1.165) is 44.6 Å². The number of unbranched alkanes of at least 4 members (excludes halogenated alkanes) is 1. The predicted molar refractivity (Wildman–Crippen MR) is 87.5 cm³/mol. The third-order valence-corrected chi connectivity index (χ3v) is 3.64. The molecule has 2 rings (SSSR count). The van der Waals surface area contributed by atoms with Crippen molar-refractivity contribution in [3.63, 3.8) is 0 Å². The summed E-state index contributed by atoms with van der Waals surface area (Å²) in [5, 5.41) is 21.8. The van der Waals surface area contributed by atoms with E-state index in [-0.39, 0.29) is 11.2 Å². The predicted octanol–water partition coefficient (Wildman–Crippen LogP) is 1.29. The van der Waals surface area contributed by atoms with E-state index >= 15 is 0 Å². The monoisotopic (exact) mass is 322 g/mol. The molecule has 0 spiro atoms. The van der Waals surface area contributed by atoms with E-state index in [0.29, 0.717) is 12.1 Å². The molecule has 0 aliphatic rings. The number of aromatic nitrogens is 2. The number of non-ortho nitro benzene ring substituents is 1. The SMILES string of the molecule is CN(CCCCNCCCN)c1ccc([N+](=O)[O-])c2nonc12. The molecule has 0 atom stereocenters. The quantitative estimate of drug-likeness (QED) is 0.381. The number of hydrogen-bond donors (Lipinski definition) is 2. The van der Waals surface area contributed by atoms with Crippen molar-refractivity contribution in [1.29, 1.82) is 0 Å². The molecule has 1 aromatic heterocycles. The number of nitro benzene ring substituents is 1. The van der Waals surface area contributed by atoms with Gasteiger partial charge in [-0.1, -0.05) is 0 Å². The second kappa shape index (κ2) is 8.39. The Morgan fingerprint density at radius 1 is 1.26 bits per heavy atom. The lowest BCUT2D eigenvalue weighted by atomic mass is 10.2. The number of benzene rings is 1. The second-order valence-electron chi connectivity index (χ2n) is 5.34. The van der Waals surface area contributed by atoms with Crippen molar-refractivity contribution in [3.8, 4) is 0 Å². The van der Waals surface area contributed by atoms with Gasteiger partial charge < -0.3 is 16.0 Å². The third kappa shape index (κ3) is 4.36. The Bertz CT molecular complexity index is 644. The van der Waals surface area contributed by atoms with E-state index in [1.807, 2.05) is 11.9 Å². The molecule has 0 fully saturated rings. The minimum Gasteiger partial charge on any atom is -0.373 e. The molecule has 0 aliphatic carbocycles. The van der Waals surface area contributed by atoms with Crippen molar-refractivity contribution in [2.45, 2.75) is 19.3 Å². The molecule has 2 aromatic rings. The summed E-state index contributed by atoms with van der Waals surface area (Å²) in [5.41, 5.74) is 6.72. The highest BCUT2D eigenvalue weighted by Crippen LogP contribution is 2.30. The van der Waals surface area contributed by atoms with Gasteiger partial charge >= 0.3 is 5.69 Å². The number of anilines is 1. The minimum atomic E-state index is -0.483. The van der Waals surface area contributed by atoms with Gasteiger partial charge in [0.15, 0.2) is 5.52 Å². The number of hydrogen-bond acceptors (Lipinski definition) is 8. The molecule has 0 amide bonds. The largest absolute Gasteiger partial charge is 0.373 e. The van der Waals surface area contributed by atoms with Crippen LogP contribution in [0.15, 0.2) is 16.8 Å². The first-order valence-electron chi connectivity index (χ1n) is 7.66. The molecule has 0 aliphatic heterocycles. The molecule has 9 nitrogen and oxygen atoms in total. The van der Waals surface area contributed by atoms with Crippen molar-refractivity contribution in [1.82, 2.24) is 15.6 Å². The maximum Gasteiger partial charge on any atom is 0.300 e. The van der Waals surface area contributed by atoms with Crippen LogP contribution >= 0.6 is 0 Å². The first-order chi connectivity index (χ1) is 11.1. The smallest absolute Gasteiger partial charge is 0.300 e. The zero-order valence-electron chi connectivity index (χ0n) is 13.2. The Kier molecular flexibility index (Phi) is 6.24. The molecule has 0 saturated carbocycles. The molecule has 0 bridgehead atoms. The van der Waals surface area contributed by atoms with Gasteiger partial charge in [-0.15, -0.1) is 0 Å². The normalized spacial score (nSPS) is 11.0. The van der Waals surface area contributed by atoms with Gasteiger partial charge in [-0.2, -0.15) is 0 Å². The van der Waals surface area contributed by atoms with Crippen molar-refractivity contribution < 1.29 is 9.55 Å². The van der Waals surface area contributed by atoms with Crippen molar-refractivity contribution in [2.75, 3.05) is 38.1 Å². The number of rotatable bonds is 10. The summed E-state index contributed by atoms with van der Waals surface area (Å²) < 4.78 is 4.68. The first kappa shape index (κ1) is 17.1. The van der Waals surface area contributed by atoms with Gasteiger partial charge in [0.25, 0.3) is 0 Å². The maximum absolute atomic E-state index is 11.0. The van der Waals surface area contributed by atoms with Crippen molar-refractivity contribution in [3.05, 3.63) is 22.2 Å². The molecule has 0 radical (unpaired) electrons. The zero-order valence-corrected chi connectivity index (χ0v) is 13.2. The molecule has 126 valence electrons. The van der Waals surface area contributed by atoms with Gasteiger partial charge in [0.05, 0.1) is 10.6 Å². The molecule has 9 heteroatoms. The summed E-state index contributed by atoms with van der Waals surface area (Å²) in [7, 11) is 1.93. The van der Waals surface area contributed by atoms with E-state index in [1.54, 1.807) is 6.07 Å². The highest BCUT2D eigenvalue weighted by Gasteiger charge is 2.20. The van der Waals surface area contributed by atoms with Gasteiger partial charge in [0, 0.05) is 19.7 Å². The number of fused-ring (bicyclic) bond motifs is 1. The maximum atomic E-state index is 11.0. The summed E-state index contributed by atoms with van der Waals surface area (Å²) in [4.78, 5) is 12.5. The molecular formula is C14H22N6O3. The number of nitrogens with zero attached hydrogens (tertiary/aromatic N) is 4. The van der Waals surface area contributed by atoms with Crippen LogP contribution in [0.1, 0.15) is 19.3 Å². The van der Waals surface area contributed by atoms with Crippen LogP contribution in [0.3, 0.4) is 0 Å². The van der Waals surface area contributed by atoms with Crippen LogP contribution in [-0.2, 0) is 0 Å². The minimum absolute atomic E-state index is 0.0949. The van der Waals surface area contributed by atoms with Crippen LogP contribution in [0.4, 0.5) is 11.4 Å². The third-order valence-electron chi connectivity index (χ3n) is 3.64. The molecule has 3 N–H and O–H groups in total. The van der Waals surface area contributed by atoms with Crippen LogP contribution in [0.2, 0.25) is 0 Å².